The van der Waals surface area contributed by atoms with Crippen LogP contribution in [-0.4, -0.2) is 32.9 Å². The highest BCUT2D eigenvalue weighted by atomic mass is 16.4. The quantitative estimate of drug-likeness (QED) is 0.739. The van der Waals surface area contributed by atoms with E-state index in [1.165, 1.54) is 0 Å². The van der Waals surface area contributed by atoms with Crippen molar-refractivity contribution in [3.8, 4) is 0 Å². The van der Waals surface area contributed by atoms with E-state index in [1.807, 2.05) is 23.1 Å². The van der Waals surface area contributed by atoms with Crippen molar-refractivity contribution in [3.05, 3.63) is 30.1 Å². The number of rotatable bonds is 8. The third-order valence-corrected chi connectivity index (χ3v) is 3.40. The van der Waals surface area contributed by atoms with Gasteiger partial charge in [0.2, 0.25) is 5.91 Å². The summed E-state index contributed by atoms with van der Waals surface area (Å²) in [6.07, 6.45) is 5.62. The van der Waals surface area contributed by atoms with E-state index in [0.717, 1.165) is 18.5 Å². The molecule has 1 aliphatic rings. The van der Waals surface area contributed by atoms with E-state index in [-0.39, 0.29) is 12.3 Å². The Morgan fingerprint density at radius 2 is 2.00 bits per heavy atom. The minimum Gasteiger partial charge on any atom is -0.481 e. The van der Waals surface area contributed by atoms with Crippen molar-refractivity contribution < 1.29 is 14.7 Å². The van der Waals surface area contributed by atoms with Crippen LogP contribution in [0.5, 0.6) is 0 Å². The maximum atomic E-state index is 12.2. The van der Waals surface area contributed by atoms with Gasteiger partial charge in [-0.05, 0) is 37.8 Å². The number of amides is 1. The molecule has 1 amide bonds. The summed E-state index contributed by atoms with van der Waals surface area (Å²) in [4.78, 5) is 28.8. The van der Waals surface area contributed by atoms with Crippen LogP contribution in [0.3, 0.4) is 0 Å². The molecule has 0 saturated heterocycles. The van der Waals surface area contributed by atoms with Crippen LogP contribution in [0.25, 0.3) is 0 Å². The van der Waals surface area contributed by atoms with E-state index in [1.54, 1.807) is 6.20 Å². The summed E-state index contributed by atoms with van der Waals surface area (Å²) in [6, 6.07) is 6.06. The minimum absolute atomic E-state index is 0.114. The number of unbranched alkanes of at least 4 members (excludes halogenated alkanes) is 1. The zero-order chi connectivity index (χ0) is 14.4. The zero-order valence-electron chi connectivity index (χ0n) is 11.5. The Kier molecular flexibility index (Phi) is 5.09. The molecular weight excluding hydrogens is 256 g/mol. The maximum absolute atomic E-state index is 12.2. The lowest BCUT2D eigenvalue weighted by Gasteiger charge is -2.22. The van der Waals surface area contributed by atoms with Crippen LogP contribution in [0, 0.1) is 0 Å². The third-order valence-electron chi connectivity index (χ3n) is 3.40. The number of carbonyl (C=O) groups is 2. The van der Waals surface area contributed by atoms with E-state index < -0.39 is 5.97 Å². The third kappa shape index (κ3) is 4.64. The molecule has 20 heavy (non-hydrogen) atoms. The fourth-order valence-corrected chi connectivity index (χ4v) is 2.17. The van der Waals surface area contributed by atoms with Gasteiger partial charge in [0, 0.05) is 25.1 Å². The highest BCUT2D eigenvalue weighted by Gasteiger charge is 2.32. The Morgan fingerprint density at radius 3 is 2.60 bits per heavy atom. The van der Waals surface area contributed by atoms with Gasteiger partial charge in [-0.25, -0.2) is 0 Å². The average Bonchev–Trinajstić information content (AvgIpc) is 3.26. The SMILES string of the molecule is O=C(O)CCCCC(=O)N(Cc1ccccn1)C1CC1. The molecule has 0 atom stereocenters. The number of hydrogen-bond donors (Lipinski definition) is 1. The number of nitrogens with zero attached hydrogens (tertiary/aromatic N) is 2. The van der Waals surface area contributed by atoms with Crippen LogP contribution in [0.1, 0.15) is 44.2 Å². The van der Waals surface area contributed by atoms with Crippen molar-refractivity contribution in [1.82, 2.24) is 9.88 Å². The van der Waals surface area contributed by atoms with E-state index in [2.05, 4.69) is 4.98 Å². The summed E-state index contributed by atoms with van der Waals surface area (Å²) in [7, 11) is 0. The first-order chi connectivity index (χ1) is 9.66. The lowest BCUT2D eigenvalue weighted by molar-refractivity contribution is -0.137. The molecular formula is C15H20N2O3. The second kappa shape index (κ2) is 7.03. The van der Waals surface area contributed by atoms with Crippen LogP contribution in [-0.2, 0) is 16.1 Å². The fraction of sp³-hybridized carbons (Fsp3) is 0.533. The lowest BCUT2D eigenvalue weighted by atomic mass is 10.1. The zero-order valence-corrected chi connectivity index (χ0v) is 11.5. The molecule has 0 spiro atoms. The Morgan fingerprint density at radius 1 is 1.25 bits per heavy atom. The fourth-order valence-electron chi connectivity index (χ4n) is 2.17. The number of aliphatic carboxylic acids is 1. The van der Waals surface area contributed by atoms with Crippen molar-refractivity contribution >= 4 is 11.9 Å². The van der Waals surface area contributed by atoms with Gasteiger partial charge in [0.25, 0.3) is 0 Å². The van der Waals surface area contributed by atoms with Crippen molar-refractivity contribution in [2.75, 3.05) is 0 Å². The number of carboxylic acid groups (broad SMARTS) is 1. The van der Waals surface area contributed by atoms with Crippen molar-refractivity contribution in [1.29, 1.82) is 0 Å². The number of carbonyl (C=O) groups excluding carboxylic acids is 1. The van der Waals surface area contributed by atoms with Crippen molar-refractivity contribution in [3.63, 3.8) is 0 Å². The summed E-state index contributed by atoms with van der Waals surface area (Å²) >= 11 is 0. The predicted molar refractivity (Wildman–Crippen MR) is 73.9 cm³/mol. The molecule has 1 fully saturated rings. The molecule has 0 aromatic carbocycles. The largest absolute Gasteiger partial charge is 0.481 e. The first-order valence-electron chi connectivity index (χ1n) is 7.08. The van der Waals surface area contributed by atoms with Crippen LogP contribution < -0.4 is 0 Å². The number of carboxylic acids is 1. The molecule has 5 nitrogen and oxygen atoms in total. The summed E-state index contributed by atoms with van der Waals surface area (Å²) in [5, 5.41) is 8.58. The molecule has 108 valence electrons. The molecule has 0 unspecified atom stereocenters. The van der Waals surface area contributed by atoms with Gasteiger partial charge in [0.15, 0.2) is 0 Å². The molecule has 1 heterocycles. The van der Waals surface area contributed by atoms with Gasteiger partial charge >= 0.3 is 5.97 Å². The van der Waals surface area contributed by atoms with E-state index >= 15 is 0 Å². The molecule has 1 N–H and O–H groups in total. The van der Waals surface area contributed by atoms with Crippen LogP contribution in [0.2, 0.25) is 0 Å². The number of pyridine rings is 1. The maximum Gasteiger partial charge on any atom is 0.303 e. The van der Waals surface area contributed by atoms with Gasteiger partial charge in [-0.15, -0.1) is 0 Å². The van der Waals surface area contributed by atoms with E-state index in [0.29, 0.717) is 31.8 Å². The lowest BCUT2D eigenvalue weighted by Crippen LogP contribution is -2.32. The summed E-state index contributed by atoms with van der Waals surface area (Å²) in [5.74, 6) is -0.687. The number of hydrogen-bond acceptors (Lipinski definition) is 3. The Labute approximate surface area is 118 Å². The summed E-state index contributed by atoms with van der Waals surface area (Å²) in [5.41, 5.74) is 0.901. The first-order valence-corrected chi connectivity index (χ1v) is 7.08. The second-order valence-electron chi connectivity index (χ2n) is 5.17. The highest BCUT2D eigenvalue weighted by molar-refractivity contribution is 5.77. The van der Waals surface area contributed by atoms with Gasteiger partial charge in [0.05, 0.1) is 12.2 Å². The Bertz CT molecular complexity index is 457. The molecule has 0 aliphatic heterocycles. The van der Waals surface area contributed by atoms with E-state index in [4.69, 9.17) is 5.11 Å². The molecule has 1 aromatic heterocycles. The van der Waals surface area contributed by atoms with Gasteiger partial charge in [-0.2, -0.15) is 0 Å². The normalized spacial score (nSPS) is 14.0. The molecule has 0 radical (unpaired) electrons. The topological polar surface area (TPSA) is 70.5 Å². The average molecular weight is 276 g/mol. The molecule has 1 saturated carbocycles. The summed E-state index contributed by atoms with van der Waals surface area (Å²) in [6.45, 7) is 0.559. The Hall–Kier alpha value is -1.91. The van der Waals surface area contributed by atoms with E-state index in [9.17, 15) is 9.59 Å². The first kappa shape index (κ1) is 14.5. The van der Waals surface area contributed by atoms with Crippen molar-refractivity contribution in [2.24, 2.45) is 0 Å². The number of aromatic nitrogens is 1. The van der Waals surface area contributed by atoms with Crippen LogP contribution >= 0.6 is 0 Å². The highest BCUT2D eigenvalue weighted by Crippen LogP contribution is 2.29. The smallest absolute Gasteiger partial charge is 0.303 e. The monoisotopic (exact) mass is 276 g/mol. The van der Waals surface area contributed by atoms with Crippen LogP contribution in [0.15, 0.2) is 24.4 Å². The Balaban J connectivity index is 1.82. The minimum atomic E-state index is -0.801. The standard InChI is InChI=1S/C15H20N2O3/c18-14(6-1-2-7-15(19)20)17(13-8-9-13)11-12-5-3-4-10-16-12/h3-5,10,13H,1-2,6-9,11H2,(H,19,20). The van der Waals surface area contributed by atoms with Crippen LogP contribution in [0.4, 0.5) is 0 Å². The second-order valence-corrected chi connectivity index (χ2v) is 5.17. The molecule has 0 bridgehead atoms. The molecule has 2 rings (SSSR count). The molecule has 5 heteroatoms. The summed E-state index contributed by atoms with van der Waals surface area (Å²) < 4.78 is 0. The van der Waals surface area contributed by atoms with Gasteiger partial charge in [-0.1, -0.05) is 6.07 Å². The van der Waals surface area contributed by atoms with Crippen molar-refractivity contribution in [2.45, 2.75) is 51.1 Å². The molecule has 1 aliphatic carbocycles. The molecule has 1 aromatic rings. The van der Waals surface area contributed by atoms with Gasteiger partial charge in [-0.3, -0.25) is 14.6 Å². The van der Waals surface area contributed by atoms with Gasteiger partial charge in [0.1, 0.15) is 0 Å². The van der Waals surface area contributed by atoms with Gasteiger partial charge < -0.3 is 10.0 Å². The predicted octanol–water partition coefficient (Wildman–Crippen LogP) is 2.22.